The highest BCUT2D eigenvalue weighted by Gasteiger charge is 2.08. The fraction of sp³-hybridized carbons (Fsp3) is 0.222. The van der Waals surface area contributed by atoms with Gasteiger partial charge in [-0.15, -0.1) is 10.2 Å². The number of tetrazole rings is 1. The number of aromatic amines is 1. The van der Waals surface area contributed by atoms with Crippen molar-refractivity contribution in [1.29, 1.82) is 0 Å². The first-order chi connectivity index (χ1) is 8.72. The van der Waals surface area contributed by atoms with E-state index in [1.165, 1.54) is 4.80 Å². The molecule has 0 atom stereocenters. The molecule has 3 aromatic rings. The molecule has 3 heterocycles. The summed E-state index contributed by atoms with van der Waals surface area (Å²) in [6, 6.07) is 1.87. The van der Waals surface area contributed by atoms with Crippen molar-refractivity contribution in [3.05, 3.63) is 23.4 Å². The second kappa shape index (κ2) is 4.22. The van der Waals surface area contributed by atoms with Crippen molar-refractivity contribution in [2.24, 2.45) is 7.05 Å². The van der Waals surface area contributed by atoms with Crippen LogP contribution in [0.25, 0.3) is 11.0 Å². The molecule has 0 aromatic carbocycles. The summed E-state index contributed by atoms with van der Waals surface area (Å²) in [5, 5.41) is 15.8. The van der Waals surface area contributed by atoms with Gasteiger partial charge in [0.15, 0.2) is 5.82 Å². The highest BCUT2D eigenvalue weighted by Crippen LogP contribution is 2.21. The van der Waals surface area contributed by atoms with Gasteiger partial charge < -0.3 is 10.3 Å². The van der Waals surface area contributed by atoms with E-state index in [1.807, 2.05) is 6.07 Å². The van der Waals surface area contributed by atoms with Crippen LogP contribution in [-0.4, -0.2) is 35.2 Å². The van der Waals surface area contributed by atoms with Crippen molar-refractivity contribution in [2.75, 3.05) is 5.32 Å². The first kappa shape index (κ1) is 10.9. The molecule has 0 aliphatic carbocycles. The lowest BCUT2D eigenvalue weighted by Crippen LogP contribution is -2.05. The Morgan fingerprint density at radius 3 is 3.11 bits per heavy atom. The van der Waals surface area contributed by atoms with Gasteiger partial charge in [0.2, 0.25) is 5.28 Å². The number of aryl methyl sites for hydroxylation is 1. The summed E-state index contributed by atoms with van der Waals surface area (Å²) in [6.45, 7) is 0.418. The fourth-order valence-electron chi connectivity index (χ4n) is 1.61. The van der Waals surface area contributed by atoms with Gasteiger partial charge in [-0.2, -0.15) is 9.78 Å². The average Bonchev–Trinajstić information content (AvgIpc) is 2.94. The maximum absolute atomic E-state index is 5.84. The lowest BCUT2D eigenvalue weighted by Gasteiger charge is -2.04. The van der Waals surface area contributed by atoms with Crippen molar-refractivity contribution in [1.82, 2.24) is 35.2 Å². The van der Waals surface area contributed by atoms with Gasteiger partial charge in [-0.3, -0.25) is 0 Å². The number of nitrogens with one attached hydrogen (secondary N) is 2. The number of H-pyrrole nitrogens is 1. The molecular weight excluding hydrogens is 256 g/mol. The second-order valence-electron chi connectivity index (χ2n) is 3.63. The van der Waals surface area contributed by atoms with E-state index in [-0.39, 0.29) is 5.28 Å². The third kappa shape index (κ3) is 1.97. The van der Waals surface area contributed by atoms with E-state index in [1.54, 1.807) is 13.2 Å². The molecule has 0 bridgehead atoms. The highest BCUT2D eigenvalue weighted by molar-refractivity contribution is 6.28. The van der Waals surface area contributed by atoms with E-state index in [2.05, 4.69) is 35.7 Å². The zero-order valence-electron chi connectivity index (χ0n) is 9.42. The minimum Gasteiger partial charge on any atom is -0.362 e. The molecule has 92 valence electrons. The fourth-order valence-corrected chi connectivity index (χ4v) is 1.77. The van der Waals surface area contributed by atoms with E-state index in [0.717, 1.165) is 5.39 Å². The van der Waals surface area contributed by atoms with E-state index in [9.17, 15) is 0 Å². The molecule has 0 radical (unpaired) electrons. The van der Waals surface area contributed by atoms with Crippen LogP contribution >= 0.6 is 11.6 Å². The maximum atomic E-state index is 5.84. The SMILES string of the molecule is Cn1nnc(CNc2nc(Cl)nc3[nH]ccc23)n1. The third-order valence-electron chi connectivity index (χ3n) is 2.35. The predicted octanol–water partition coefficient (Wildman–Crippen LogP) is 0.747. The summed E-state index contributed by atoms with van der Waals surface area (Å²) in [5.41, 5.74) is 0.685. The van der Waals surface area contributed by atoms with Crippen LogP contribution in [0, 0.1) is 0 Å². The van der Waals surface area contributed by atoms with Gasteiger partial charge in [-0.05, 0) is 22.9 Å². The van der Waals surface area contributed by atoms with Crippen LogP contribution in [0.4, 0.5) is 5.82 Å². The lowest BCUT2D eigenvalue weighted by atomic mass is 10.4. The molecule has 0 saturated carbocycles. The summed E-state index contributed by atoms with van der Waals surface area (Å²) >= 11 is 5.84. The van der Waals surface area contributed by atoms with E-state index < -0.39 is 0 Å². The summed E-state index contributed by atoms with van der Waals surface area (Å²) in [5.74, 6) is 1.22. The molecule has 0 aliphatic heterocycles. The van der Waals surface area contributed by atoms with E-state index >= 15 is 0 Å². The van der Waals surface area contributed by atoms with Gasteiger partial charge >= 0.3 is 0 Å². The van der Waals surface area contributed by atoms with Crippen LogP contribution in [0.15, 0.2) is 12.3 Å². The maximum Gasteiger partial charge on any atom is 0.226 e. The van der Waals surface area contributed by atoms with Crippen molar-refractivity contribution in [3.63, 3.8) is 0 Å². The van der Waals surface area contributed by atoms with Crippen molar-refractivity contribution >= 4 is 28.5 Å². The molecule has 18 heavy (non-hydrogen) atoms. The van der Waals surface area contributed by atoms with Crippen LogP contribution in [-0.2, 0) is 13.6 Å². The van der Waals surface area contributed by atoms with Gasteiger partial charge in [0.05, 0.1) is 19.0 Å². The molecule has 0 unspecified atom stereocenters. The Morgan fingerprint density at radius 2 is 2.33 bits per heavy atom. The quantitative estimate of drug-likeness (QED) is 0.678. The van der Waals surface area contributed by atoms with Crippen LogP contribution in [0.2, 0.25) is 5.28 Å². The molecule has 8 nitrogen and oxygen atoms in total. The monoisotopic (exact) mass is 264 g/mol. The molecule has 0 amide bonds. The van der Waals surface area contributed by atoms with Crippen LogP contribution in [0.5, 0.6) is 0 Å². The predicted molar refractivity (Wildman–Crippen MR) is 65.0 cm³/mol. The first-order valence-corrected chi connectivity index (χ1v) is 5.57. The zero-order valence-corrected chi connectivity index (χ0v) is 10.2. The largest absolute Gasteiger partial charge is 0.362 e. The smallest absolute Gasteiger partial charge is 0.226 e. The molecule has 2 N–H and O–H groups in total. The standard InChI is InChI=1S/C9H9ClN8/c1-18-16-6(15-17-18)4-12-8-5-2-3-11-7(5)13-9(10)14-8/h2-3H,4H2,1H3,(H2,11,12,13,14). The minimum absolute atomic E-state index is 0.180. The highest BCUT2D eigenvalue weighted by atomic mass is 35.5. The first-order valence-electron chi connectivity index (χ1n) is 5.20. The molecule has 0 saturated heterocycles. The van der Waals surface area contributed by atoms with Gasteiger partial charge in [0.1, 0.15) is 11.5 Å². The lowest BCUT2D eigenvalue weighted by molar-refractivity contribution is 0.628. The third-order valence-corrected chi connectivity index (χ3v) is 2.52. The Labute approximate surface area is 106 Å². The van der Waals surface area contributed by atoms with Crippen LogP contribution in [0.3, 0.4) is 0 Å². The molecule has 0 aliphatic rings. The zero-order chi connectivity index (χ0) is 12.5. The number of halogens is 1. The summed E-state index contributed by atoms with van der Waals surface area (Å²) in [7, 11) is 1.71. The van der Waals surface area contributed by atoms with Gasteiger partial charge in [0.25, 0.3) is 0 Å². The van der Waals surface area contributed by atoms with Crippen LogP contribution < -0.4 is 5.32 Å². The number of nitrogens with zero attached hydrogens (tertiary/aromatic N) is 6. The summed E-state index contributed by atoms with van der Waals surface area (Å²) in [4.78, 5) is 12.6. The Balaban J connectivity index is 1.87. The Bertz CT molecular complexity index is 687. The summed E-state index contributed by atoms with van der Waals surface area (Å²) in [6.07, 6.45) is 1.78. The molecule has 3 rings (SSSR count). The number of aromatic nitrogens is 7. The van der Waals surface area contributed by atoms with Gasteiger partial charge in [-0.25, -0.2) is 4.98 Å². The molecule has 0 fully saturated rings. The van der Waals surface area contributed by atoms with Crippen molar-refractivity contribution in [2.45, 2.75) is 6.54 Å². The Kier molecular flexibility index (Phi) is 2.56. The minimum atomic E-state index is 0.180. The second-order valence-corrected chi connectivity index (χ2v) is 3.97. The summed E-state index contributed by atoms with van der Waals surface area (Å²) < 4.78 is 0. The molecule has 3 aromatic heterocycles. The Morgan fingerprint density at radius 1 is 1.44 bits per heavy atom. The van der Waals surface area contributed by atoms with Crippen LogP contribution in [0.1, 0.15) is 5.82 Å². The topological polar surface area (TPSA) is 97.2 Å². The normalized spacial score (nSPS) is 11.0. The van der Waals surface area contributed by atoms with Crippen molar-refractivity contribution < 1.29 is 0 Å². The number of fused-ring (bicyclic) bond motifs is 1. The van der Waals surface area contributed by atoms with E-state index in [4.69, 9.17) is 11.6 Å². The molecular formula is C9H9ClN8. The van der Waals surface area contributed by atoms with Gasteiger partial charge in [0, 0.05) is 6.20 Å². The number of hydrogen-bond acceptors (Lipinski definition) is 6. The van der Waals surface area contributed by atoms with E-state index in [0.29, 0.717) is 23.8 Å². The Hall–Kier alpha value is -2.22. The molecule has 0 spiro atoms. The number of rotatable bonds is 3. The molecule has 9 heteroatoms. The van der Waals surface area contributed by atoms with Gasteiger partial charge in [-0.1, -0.05) is 0 Å². The van der Waals surface area contributed by atoms with Crippen molar-refractivity contribution in [3.8, 4) is 0 Å². The number of anilines is 1. The number of hydrogen-bond donors (Lipinski definition) is 2. The average molecular weight is 265 g/mol.